The summed E-state index contributed by atoms with van der Waals surface area (Å²) in [5.41, 5.74) is 1.67. The Hall–Kier alpha value is -2.60. The molecule has 0 bridgehead atoms. The molecule has 0 spiro atoms. The molecule has 3 aromatic rings. The lowest BCUT2D eigenvalue weighted by Gasteiger charge is -2.00. The molecule has 0 amide bonds. The van der Waals surface area contributed by atoms with E-state index in [4.69, 9.17) is 14.3 Å². The molecule has 2 aromatic heterocycles. The summed E-state index contributed by atoms with van der Waals surface area (Å²) in [6.07, 6.45) is 1.21. The smallest absolute Gasteiger partial charge is 0.338 e. The van der Waals surface area contributed by atoms with E-state index in [2.05, 4.69) is 4.98 Å². The number of carboxylic acid groups (broad SMARTS) is 1. The van der Waals surface area contributed by atoms with Gasteiger partial charge in [-0.1, -0.05) is 12.1 Å². The molecule has 0 atom stereocenters. The number of rotatable bonds is 4. The number of methoxy groups -OCH3 is 1. The lowest BCUT2D eigenvalue weighted by atomic mass is 10.2. The van der Waals surface area contributed by atoms with E-state index in [9.17, 15) is 4.79 Å². The summed E-state index contributed by atoms with van der Waals surface area (Å²) < 4.78 is 10.4. The number of carbonyl (C=O) groups is 1. The average molecular weight is 301 g/mol. The molecule has 0 saturated carbocycles. The molecular weight excluding hydrogens is 290 g/mol. The highest BCUT2D eigenvalue weighted by Gasteiger charge is 2.13. The predicted octanol–water partition coefficient (Wildman–Crippen LogP) is 3.78. The van der Waals surface area contributed by atoms with Crippen LogP contribution in [-0.2, 0) is 0 Å². The van der Waals surface area contributed by atoms with Gasteiger partial charge in [0, 0.05) is 17.0 Å². The van der Waals surface area contributed by atoms with Crippen LogP contribution in [0.1, 0.15) is 10.4 Å². The fraction of sp³-hybridized carbons (Fsp3) is 0.0667. The average Bonchev–Trinajstić information content (AvgIpc) is 3.16. The van der Waals surface area contributed by atoms with Crippen LogP contribution in [0.4, 0.5) is 0 Å². The van der Waals surface area contributed by atoms with Gasteiger partial charge in [-0.05, 0) is 12.1 Å². The van der Waals surface area contributed by atoms with Crippen molar-refractivity contribution in [2.24, 2.45) is 0 Å². The molecule has 0 aliphatic heterocycles. The van der Waals surface area contributed by atoms with Gasteiger partial charge in [-0.3, -0.25) is 0 Å². The van der Waals surface area contributed by atoms with Gasteiger partial charge in [-0.25, -0.2) is 9.78 Å². The highest BCUT2D eigenvalue weighted by molar-refractivity contribution is 7.13. The quantitative estimate of drug-likeness (QED) is 0.794. The van der Waals surface area contributed by atoms with Gasteiger partial charge in [0.1, 0.15) is 22.7 Å². The van der Waals surface area contributed by atoms with Crippen molar-refractivity contribution >= 4 is 17.3 Å². The predicted molar refractivity (Wildman–Crippen MR) is 78.8 cm³/mol. The minimum absolute atomic E-state index is 0.112. The molecule has 6 heteroatoms. The minimum Gasteiger partial charge on any atom is -0.497 e. The van der Waals surface area contributed by atoms with Crippen molar-refractivity contribution in [3.8, 4) is 27.8 Å². The Morgan fingerprint density at radius 1 is 1.38 bits per heavy atom. The Balaban J connectivity index is 1.93. The number of benzene rings is 1. The van der Waals surface area contributed by atoms with E-state index in [0.29, 0.717) is 11.5 Å². The number of aromatic nitrogens is 1. The van der Waals surface area contributed by atoms with Gasteiger partial charge in [-0.2, -0.15) is 0 Å². The zero-order chi connectivity index (χ0) is 14.8. The third-order valence-electron chi connectivity index (χ3n) is 2.92. The van der Waals surface area contributed by atoms with Crippen LogP contribution in [0, 0.1) is 0 Å². The van der Waals surface area contributed by atoms with Crippen LogP contribution in [0.5, 0.6) is 5.75 Å². The standard InChI is InChI=1S/C15H11NO4S/c1-19-11-4-2-3-9(5-11)14-16-12(8-21-14)13-6-10(7-20-13)15(17)18/h2-8H,1H3,(H,17,18). The van der Waals surface area contributed by atoms with E-state index in [1.54, 1.807) is 7.11 Å². The van der Waals surface area contributed by atoms with Crippen LogP contribution >= 0.6 is 11.3 Å². The number of ether oxygens (including phenoxy) is 1. The lowest BCUT2D eigenvalue weighted by molar-refractivity contribution is 0.0696. The zero-order valence-electron chi connectivity index (χ0n) is 11.1. The summed E-state index contributed by atoms with van der Waals surface area (Å²) in [4.78, 5) is 15.3. The SMILES string of the molecule is COc1cccc(-c2nc(-c3cc(C(=O)O)co3)cs2)c1. The van der Waals surface area contributed by atoms with Gasteiger partial charge in [0.25, 0.3) is 0 Å². The van der Waals surface area contributed by atoms with Crippen molar-refractivity contribution in [2.45, 2.75) is 0 Å². The van der Waals surface area contributed by atoms with E-state index in [1.807, 2.05) is 29.6 Å². The molecule has 5 nitrogen and oxygen atoms in total. The molecule has 0 unspecified atom stereocenters. The van der Waals surface area contributed by atoms with Gasteiger partial charge in [0.05, 0.1) is 12.7 Å². The fourth-order valence-corrected chi connectivity index (χ4v) is 2.66. The molecule has 1 N–H and O–H groups in total. The normalized spacial score (nSPS) is 10.5. The van der Waals surface area contributed by atoms with Crippen molar-refractivity contribution in [3.05, 3.63) is 47.5 Å². The van der Waals surface area contributed by atoms with Crippen LogP contribution in [0.25, 0.3) is 22.0 Å². The van der Waals surface area contributed by atoms with Gasteiger partial charge in [0.15, 0.2) is 5.76 Å². The van der Waals surface area contributed by atoms with Crippen molar-refractivity contribution in [1.82, 2.24) is 4.98 Å². The van der Waals surface area contributed by atoms with Crippen molar-refractivity contribution in [1.29, 1.82) is 0 Å². The number of thiazole rings is 1. The van der Waals surface area contributed by atoms with E-state index in [-0.39, 0.29) is 5.56 Å². The Bertz CT molecular complexity index is 790. The van der Waals surface area contributed by atoms with Crippen molar-refractivity contribution < 1.29 is 19.1 Å². The summed E-state index contributed by atoms with van der Waals surface area (Å²) in [6, 6.07) is 9.06. The van der Waals surface area contributed by atoms with Crippen LogP contribution in [-0.4, -0.2) is 23.2 Å². The molecule has 0 fully saturated rings. The molecular formula is C15H11NO4S. The van der Waals surface area contributed by atoms with E-state index in [0.717, 1.165) is 16.3 Å². The second-order valence-corrected chi connectivity index (χ2v) is 5.13. The number of aromatic carboxylic acids is 1. The van der Waals surface area contributed by atoms with Gasteiger partial charge in [-0.15, -0.1) is 11.3 Å². The largest absolute Gasteiger partial charge is 0.497 e. The Morgan fingerprint density at radius 2 is 2.24 bits per heavy atom. The topological polar surface area (TPSA) is 72.6 Å². The van der Waals surface area contributed by atoms with Crippen LogP contribution < -0.4 is 4.74 Å². The first kappa shape index (κ1) is 13.4. The first-order chi connectivity index (χ1) is 10.2. The second kappa shape index (κ2) is 5.41. The molecule has 2 heterocycles. The molecule has 21 heavy (non-hydrogen) atoms. The molecule has 106 valence electrons. The molecule has 0 aliphatic carbocycles. The first-order valence-corrected chi connectivity index (χ1v) is 6.97. The Labute approximate surface area is 124 Å². The third-order valence-corrected chi connectivity index (χ3v) is 3.81. The number of furan rings is 1. The van der Waals surface area contributed by atoms with Crippen molar-refractivity contribution in [3.63, 3.8) is 0 Å². The summed E-state index contributed by atoms with van der Waals surface area (Å²) in [6.45, 7) is 0. The molecule has 1 aromatic carbocycles. The summed E-state index contributed by atoms with van der Waals surface area (Å²) in [5, 5.41) is 11.5. The second-order valence-electron chi connectivity index (χ2n) is 4.27. The number of nitrogens with zero attached hydrogens (tertiary/aromatic N) is 1. The van der Waals surface area contributed by atoms with Crippen LogP contribution in [0.2, 0.25) is 0 Å². The van der Waals surface area contributed by atoms with Crippen LogP contribution in [0.15, 0.2) is 46.4 Å². The van der Waals surface area contributed by atoms with Gasteiger partial charge < -0.3 is 14.3 Å². The number of carboxylic acids is 1. The Morgan fingerprint density at radius 3 is 2.95 bits per heavy atom. The summed E-state index contributed by atoms with van der Waals surface area (Å²) in [7, 11) is 1.61. The lowest BCUT2D eigenvalue weighted by Crippen LogP contribution is -1.91. The third kappa shape index (κ3) is 2.66. The summed E-state index contributed by atoms with van der Waals surface area (Å²) in [5.74, 6) is 0.182. The molecule has 0 radical (unpaired) electrons. The number of hydrogen-bond acceptors (Lipinski definition) is 5. The fourth-order valence-electron chi connectivity index (χ4n) is 1.86. The Kier molecular flexibility index (Phi) is 3.45. The minimum atomic E-state index is -1.02. The van der Waals surface area contributed by atoms with E-state index in [1.165, 1.54) is 23.7 Å². The number of hydrogen-bond donors (Lipinski definition) is 1. The molecule has 3 rings (SSSR count). The summed E-state index contributed by atoms with van der Waals surface area (Å²) >= 11 is 1.46. The van der Waals surface area contributed by atoms with Gasteiger partial charge in [0.2, 0.25) is 0 Å². The monoisotopic (exact) mass is 301 g/mol. The first-order valence-electron chi connectivity index (χ1n) is 6.09. The van der Waals surface area contributed by atoms with E-state index >= 15 is 0 Å². The van der Waals surface area contributed by atoms with Gasteiger partial charge >= 0.3 is 5.97 Å². The maximum Gasteiger partial charge on any atom is 0.338 e. The maximum absolute atomic E-state index is 10.9. The van der Waals surface area contributed by atoms with Crippen LogP contribution in [0.3, 0.4) is 0 Å². The van der Waals surface area contributed by atoms with Crippen molar-refractivity contribution in [2.75, 3.05) is 7.11 Å². The molecule has 0 aliphatic rings. The molecule has 0 saturated heterocycles. The maximum atomic E-state index is 10.9. The highest BCUT2D eigenvalue weighted by Crippen LogP contribution is 2.31. The zero-order valence-corrected chi connectivity index (χ0v) is 11.9. The van der Waals surface area contributed by atoms with E-state index < -0.39 is 5.97 Å². The highest BCUT2D eigenvalue weighted by atomic mass is 32.1.